The number of piperazine rings is 1. The van der Waals surface area contributed by atoms with Crippen molar-refractivity contribution in [2.24, 2.45) is 0 Å². The number of nitrogens with one attached hydrogen (secondary N) is 1. The monoisotopic (exact) mass is 349 g/mol. The molecule has 4 nitrogen and oxygen atoms in total. The minimum absolute atomic E-state index is 0.205. The summed E-state index contributed by atoms with van der Waals surface area (Å²) in [5.74, 6) is 0.265. The normalized spacial score (nSPS) is 21.7. The molecule has 1 atom stereocenters. The number of hydrogen-bond acceptors (Lipinski definition) is 3. The molecule has 0 spiro atoms. The Labute approximate surface area is 155 Å². The van der Waals surface area contributed by atoms with Gasteiger partial charge in [0.05, 0.1) is 0 Å². The van der Waals surface area contributed by atoms with Gasteiger partial charge >= 0.3 is 0 Å². The zero-order chi connectivity index (χ0) is 18.1. The van der Waals surface area contributed by atoms with Gasteiger partial charge in [-0.1, -0.05) is 54.6 Å². The molecule has 2 aromatic rings. The highest BCUT2D eigenvalue weighted by Crippen LogP contribution is 2.35. The van der Waals surface area contributed by atoms with Crippen molar-refractivity contribution in [3.8, 4) is 0 Å². The fraction of sp³-hybridized carbons (Fsp3) is 0.409. The quantitative estimate of drug-likeness (QED) is 0.923. The van der Waals surface area contributed by atoms with Crippen LogP contribution in [0.4, 0.5) is 0 Å². The Hall–Kier alpha value is -2.17. The second-order valence-electron chi connectivity index (χ2n) is 7.72. The fourth-order valence-electron chi connectivity index (χ4n) is 4.39. The number of benzene rings is 2. The molecule has 0 aromatic heterocycles. The molecule has 1 aliphatic heterocycles. The Morgan fingerprint density at radius 1 is 1.04 bits per heavy atom. The zero-order valence-electron chi connectivity index (χ0n) is 15.6. The van der Waals surface area contributed by atoms with Crippen LogP contribution in [-0.4, -0.2) is 55.0 Å². The molecule has 1 N–H and O–H groups in total. The van der Waals surface area contributed by atoms with E-state index in [-0.39, 0.29) is 11.9 Å². The lowest BCUT2D eigenvalue weighted by molar-refractivity contribution is -0.144. The van der Waals surface area contributed by atoms with Crippen LogP contribution >= 0.6 is 0 Å². The van der Waals surface area contributed by atoms with Crippen molar-refractivity contribution in [2.75, 3.05) is 33.7 Å². The van der Waals surface area contributed by atoms with Crippen molar-refractivity contribution in [1.82, 2.24) is 15.1 Å². The Kier molecular flexibility index (Phi) is 4.55. The number of carbonyl (C=O) groups is 1. The smallest absolute Gasteiger partial charge is 0.243 e. The molecule has 136 valence electrons. The average molecular weight is 349 g/mol. The van der Waals surface area contributed by atoms with E-state index < -0.39 is 5.54 Å². The van der Waals surface area contributed by atoms with Gasteiger partial charge in [0.1, 0.15) is 5.54 Å². The highest BCUT2D eigenvalue weighted by atomic mass is 16.2. The molecular formula is C22H27N3O. The Morgan fingerprint density at radius 2 is 1.65 bits per heavy atom. The van der Waals surface area contributed by atoms with E-state index in [1.54, 1.807) is 0 Å². The highest BCUT2D eigenvalue weighted by Gasteiger charge is 2.48. The van der Waals surface area contributed by atoms with Gasteiger partial charge < -0.3 is 10.2 Å². The van der Waals surface area contributed by atoms with E-state index in [9.17, 15) is 4.79 Å². The molecule has 0 saturated carbocycles. The van der Waals surface area contributed by atoms with E-state index >= 15 is 0 Å². The van der Waals surface area contributed by atoms with Gasteiger partial charge in [0.2, 0.25) is 5.91 Å². The highest BCUT2D eigenvalue weighted by molar-refractivity contribution is 5.88. The van der Waals surface area contributed by atoms with Gasteiger partial charge in [0.25, 0.3) is 0 Å². The summed E-state index contributed by atoms with van der Waals surface area (Å²) in [5.41, 5.74) is 3.41. The summed E-state index contributed by atoms with van der Waals surface area (Å²) in [4.78, 5) is 17.9. The van der Waals surface area contributed by atoms with Crippen LogP contribution in [0.25, 0.3) is 0 Å². The molecule has 1 fully saturated rings. The number of carbonyl (C=O) groups excluding carboxylic acids is 1. The molecule has 4 rings (SSSR count). The van der Waals surface area contributed by atoms with Gasteiger partial charge in [-0.15, -0.1) is 0 Å². The zero-order valence-corrected chi connectivity index (χ0v) is 15.6. The summed E-state index contributed by atoms with van der Waals surface area (Å²) in [6.07, 6.45) is 1.60. The van der Waals surface area contributed by atoms with E-state index in [1.807, 2.05) is 20.2 Å². The maximum atomic E-state index is 13.7. The van der Waals surface area contributed by atoms with Crippen LogP contribution in [0, 0.1) is 0 Å². The van der Waals surface area contributed by atoms with Crippen molar-refractivity contribution >= 4 is 5.91 Å². The first-order valence-electron chi connectivity index (χ1n) is 9.42. The number of nitrogens with zero attached hydrogens (tertiary/aromatic N) is 2. The molecule has 1 aliphatic carbocycles. The van der Waals surface area contributed by atoms with Crippen molar-refractivity contribution < 1.29 is 4.79 Å². The molecule has 1 heterocycles. The number of amides is 1. The topological polar surface area (TPSA) is 35.6 Å². The second kappa shape index (κ2) is 6.86. The summed E-state index contributed by atoms with van der Waals surface area (Å²) >= 11 is 0. The molecule has 1 amide bonds. The van der Waals surface area contributed by atoms with Gasteiger partial charge in [0, 0.05) is 38.5 Å². The van der Waals surface area contributed by atoms with Crippen molar-refractivity contribution in [3.63, 3.8) is 0 Å². The molecule has 1 unspecified atom stereocenters. The molecule has 0 radical (unpaired) electrons. The number of hydrogen-bond donors (Lipinski definition) is 1. The minimum atomic E-state index is -0.456. The first-order chi connectivity index (χ1) is 12.6. The van der Waals surface area contributed by atoms with Gasteiger partial charge in [0.15, 0.2) is 0 Å². The summed E-state index contributed by atoms with van der Waals surface area (Å²) in [5, 5.41) is 3.56. The van der Waals surface area contributed by atoms with E-state index in [4.69, 9.17) is 0 Å². The maximum absolute atomic E-state index is 13.7. The third-order valence-corrected chi connectivity index (χ3v) is 6.00. The lowest BCUT2D eigenvalue weighted by atomic mass is 9.91. The summed E-state index contributed by atoms with van der Waals surface area (Å²) in [6.45, 7) is 2.34. The van der Waals surface area contributed by atoms with Gasteiger partial charge in [-0.25, -0.2) is 0 Å². The van der Waals surface area contributed by atoms with E-state index in [1.165, 1.54) is 16.7 Å². The van der Waals surface area contributed by atoms with Gasteiger partial charge in [-0.05, 0) is 30.8 Å². The van der Waals surface area contributed by atoms with Crippen molar-refractivity contribution in [2.45, 2.75) is 24.4 Å². The van der Waals surface area contributed by atoms with Crippen LogP contribution in [-0.2, 0) is 17.6 Å². The minimum Gasteiger partial charge on any atom is -0.338 e. The average Bonchev–Trinajstić information content (AvgIpc) is 3.09. The Morgan fingerprint density at radius 3 is 2.27 bits per heavy atom. The number of likely N-dealkylation sites (N-methyl/N-ethyl adjacent to an activating group) is 1. The van der Waals surface area contributed by atoms with Crippen LogP contribution in [0.3, 0.4) is 0 Å². The fourth-order valence-corrected chi connectivity index (χ4v) is 4.39. The van der Waals surface area contributed by atoms with E-state index in [2.05, 4.69) is 63.6 Å². The number of rotatable bonds is 3. The molecule has 4 heteroatoms. The molecule has 2 aromatic carbocycles. The Bertz CT molecular complexity index is 762. The van der Waals surface area contributed by atoms with Crippen LogP contribution in [0.5, 0.6) is 0 Å². The standard InChI is InChI=1S/C22H27N3O/c1-24(2)22(14-18-10-6-7-11-19(18)15-22)21(26)25-13-12-23-20(16-25)17-8-4-3-5-9-17/h3-11,20,23H,12-16H2,1-2H3. The third kappa shape index (κ3) is 2.93. The molecule has 2 aliphatic rings. The van der Waals surface area contributed by atoms with Gasteiger partial charge in [-0.2, -0.15) is 0 Å². The summed E-state index contributed by atoms with van der Waals surface area (Å²) in [7, 11) is 4.08. The molecule has 26 heavy (non-hydrogen) atoms. The maximum Gasteiger partial charge on any atom is 0.243 e. The van der Waals surface area contributed by atoms with Crippen LogP contribution in [0.1, 0.15) is 22.7 Å². The third-order valence-electron chi connectivity index (χ3n) is 6.00. The van der Waals surface area contributed by atoms with Crippen LogP contribution in [0.2, 0.25) is 0 Å². The summed E-state index contributed by atoms with van der Waals surface area (Å²) in [6, 6.07) is 19.1. The van der Waals surface area contributed by atoms with E-state index in [0.29, 0.717) is 0 Å². The molecular weight excluding hydrogens is 322 g/mol. The predicted molar refractivity (Wildman–Crippen MR) is 104 cm³/mol. The second-order valence-corrected chi connectivity index (χ2v) is 7.72. The SMILES string of the molecule is CN(C)C1(C(=O)N2CCNC(c3ccccc3)C2)Cc2ccccc2C1. The summed E-state index contributed by atoms with van der Waals surface area (Å²) < 4.78 is 0. The van der Waals surface area contributed by atoms with Crippen LogP contribution < -0.4 is 5.32 Å². The van der Waals surface area contributed by atoms with E-state index in [0.717, 1.165) is 32.5 Å². The van der Waals surface area contributed by atoms with Crippen molar-refractivity contribution in [3.05, 3.63) is 71.3 Å². The lowest BCUT2D eigenvalue weighted by Gasteiger charge is -2.42. The lowest BCUT2D eigenvalue weighted by Crippen LogP contribution is -2.61. The predicted octanol–water partition coefficient (Wildman–Crippen LogP) is 2.26. The first kappa shape index (κ1) is 17.3. The van der Waals surface area contributed by atoms with Crippen molar-refractivity contribution in [1.29, 1.82) is 0 Å². The molecule has 1 saturated heterocycles. The van der Waals surface area contributed by atoms with Gasteiger partial charge in [-0.3, -0.25) is 9.69 Å². The van der Waals surface area contributed by atoms with Crippen LogP contribution in [0.15, 0.2) is 54.6 Å². The number of fused-ring (bicyclic) bond motifs is 1. The largest absolute Gasteiger partial charge is 0.338 e. The molecule has 0 bridgehead atoms. The first-order valence-corrected chi connectivity index (χ1v) is 9.42. The Balaban J connectivity index is 1.57.